The number of rotatable bonds is 6. The summed E-state index contributed by atoms with van der Waals surface area (Å²) < 4.78 is 4.05. The van der Waals surface area contributed by atoms with Crippen molar-refractivity contribution >= 4 is 22.5 Å². The molecule has 6 aromatic rings. The van der Waals surface area contributed by atoms with Gasteiger partial charge in [-0.25, -0.2) is 4.40 Å². The highest BCUT2D eigenvalue weighted by atomic mass is 16.1. The Bertz CT molecular complexity index is 1740. The molecule has 2 aromatic carbocycles. The van der Waals surface area contributed by atoms with E-state index in [-0.39, 0.29) is 11.9 Å². The third kappa shape index (κ3) is 4.50. The van der Waals surface area contributed by atoms with Gasteiger partial charge in [0.15, 0.2) is 0 Å². The van der Waals surface area contributed by atoms with Gasteiger partial charge in [0.25, 0.3) is 11.5 Å². The van der Waals surface area contributed by atoms with Crippen LogP contribution in [-0.4, -0.2) is 25.7 Å². The average Bonchev–Trinajstić information content (AvgIpc) is 3.30. The maximum atomic E-state index is 12.5. The van der Waals surface area contributed by atoms with Gasteiger partial charge in [-0.05, 0) is 53.9 Å². The molecular weight excluding hydrogens is 472 g/mol. The summed E-state index contributed by atoms with van der Waals surface area (Å²) in [6, 6.07) is 26.2. The van der Waals surface area contributed by atoms with E-state index in [2.05, 4.69) is 32.9 Å². The van der Waals surface area contributed by atoms with Crippen molar-refractivity contribution in [2.24, 2.45) is 0 Å². The summed E-state index contributed by atoms with van der Waals surface area (Å²) in [6.45, 7) is 3.99. The molecule has 0 aliphatic heterocycles. The van der Waals surface area contributed by atoms with E-state index in [1.54, 1.807) is 12.4 Å². The van der Waals surface area contributed by atoms with Crippen molar-refractivity contribution in [1.29, 1.82) is 0 Å². The quantitative estimate of drug-likeness (QED) is 0.329. The molecule has 4 heterocycles. The predicted molar refractivity (Wildman–Crippen MR) is 147 cm³/mol. The third-order valence-corrected chi connectivity index (χ3v) is 6.77. The van der Waals surface area contributed by atoms with Gasteiger partial charge in [0.05, 0.1) is 29.6 Å². The lowest BCUT2D eigenvalue weighted by atomic mass is 10.1. The van der Waals surface area contributed by atoms with Gasteiger partial charge in [0.2, 0.25) is 5.91 Å². The standard InChI is InChI=1S/C31H26N6O/c1-21(34-30(38)17-23-7-6-15-32-19-23)24-10-12-27(13-11-24)37-31-28-18-26(25-8-4-3-5-9-25)20-33-29(28)14-16-36(31)22(2)35-37/h3-16,18-21H,17H2,1-2H3/p+1. The van der Waals surface area contributed by atoms with E-state index in [1.165, 1.54) is 0 Å². The first-order valence-electron chi connectivity index (χ1n) is 12.6. The second kappa shape index (κ2) is 9.86. The van der Waals surface area contributed by atoms with E-state index in [0.29, 0.717) is 6.42 Å². The maximum Gasteiger partial charge on any atom is 0.280 e. The summed E-state index contributed by atoms with van der Waals surface area (Å²) >= 11 is 0. The van der Waals surface area contributed by atoms with Crippen LogP contribution in [0.25, 0.3) is 33.4 Å². The number of carbonyl (C=O) groups is 1. The minimum absolute atomic E-state index is 0.0344. The Morgan fingerprint density at radius 3 is 2.55 bits per heavy atom. The summed E-state index contributed by atoms with van der Waals surface area (Å²) in [5, 5.41) is 8.96. The summed E-state index contributed by atoms with van der Waals surface area (Å²) in [4.78, 5) is 21.4. The molecule has 0 fully saturated rings. The summed E-state index contributed by atoms with van der Waals surface area (Å²) in [5.74, 6) is 0.847. The minimum atomic E-state index is -0.128. The number of benzene rings is 2. The van der Waals surface area contributed by atoms with E-state index in [9.17, 15) is 4.79 Å². The number of aryl methyl sites for hydroxylation is 1. The molecule has 0 saturated heterocycles. The van der Waals surface area contributed by atoms with Crippen LogP contribution in [-0.2, 0) is 11.2 Å². The highest BCUT2D eigenvalue weighted by Crippen LogP contribution is 2.26. The minimum Gasteiger partial charge on any atom is -0.349 e. The summed E-state index contributed by atoms with van der Waals surface area (Å²) in [6.07, 6.45) is 7.66. The number of pyridine rings is 3. The van der Waals surface area contributed by atoms with E-state index in [1.807, 2.05) is 91.6 Å². The summed E-state index contributed by atoms with van der Waals surface area (Å²) in [5.41, 5.74) is 6.89. The van der Waals surface area contributed by atoms with Gasteiger partial charge >= 0.3 is 0 Å². The number of aromatic nitrogens is 5. The molecule has 0 saturated carbocycles. The Kier molecular flexibility index (Phi) is 6.09. The van der Waals surface area contributed by atoms with E-state index in [4.69, 9.17) is 10.1 Å². The van der Waals surface area contributed by atoms with Crippen molar-refractivity contribution in [2.45, 2.75) is 26.3 Å². The number of amides is 1. The smallest absolute Gasteiger partial charge is 0.280 e. The molecule has 1 atom stereocenters. The lowest BCUT2D eigenvalue weighted by molar-refractivity contribution is -0.519. The van der Waals surface area contributed by atoms with Crippen LogP contribution < -0.4 is 9.72 Å². The molecule has 0 radical (unpaired) electrons. The topological polar surface area (TPSA) is 76.8 Å². The fraction of sp³-hybridized carbons (Fsp3) is 0.129. The SMILES string of the molecule is Cc1nn(-c2ccc(C(C)NC(=O)Cc3cccnc3)cc2)c2c3cc(-c4ccccc4)cnc3cc[n+]12. The monoisotopic (exact) mass is 499 g/mol. The maximum absolute atomic E-state index is 12.5. The number of carbonyl (C=O) groups excluding carboxylic acids is 1. The van der Waals surface area contributed by atoms with E-state index >= 15 is 0 Å². The van der Waals surface area contributed by atoms with Crippen molar-refractivity contribution in [3.8, 4) is 16.8 Å². The number of nitrogens with zero attached hydrogens (tertiary/aromatic N) is 5. The highest BCUT2D eigenvalue weighted by Gasteiger charge is 2.22. The molecule has 1 N–H and O–H groups in total. The van der Waals surface area contributed by atoms with Gasteiger partial charge < -0.3 is 5.32 Å². The first-order chi connectivity index (χ1) is 18.6. The fourth-order valence-electron chi connectivity index (χ4n) is 4.79. The van der Waals surface area contributed by atoms with Gasteiger partial charge in [-0.1, -0.05) is 53.2 Å². The lowest BCUT2D eigenvalue weighted by Gasteiger charge is -2.14. The Balaban J connectivity index is 1.32. The molecular formula is C31H27N6O+. The van der Waals surface area contributed by atoms with Crippen LogP contribution in [0.3, 0.4) is 0 Å². The molecule has 7 nitrogen and oxygen atoms in total. The van der Waals surface area contributed by atoms with Crippen LogP contribution in [0, 0.1) is 6.92 Å². The molecule has 0 bridgehead atoms. The first-order valence-corrected chi connectivity index (χ1v) is 12.6. The normalized spacial score (nSPS) is 12.1. The Morgan fingerprint density at radius 2 is 1.79 bits per heavy atom. The molecule has 0 aliphatic carbocycles. The average molecular weight is 500 g/mol. The van der Waals surface area contributed by atoms with E-state index in [0.717, 1.165) is 50.3 Å². The van der Waals surface area contributed by atoms with Gasteiger partial charge in [-0.2, -0.15) is 0 Å². The molecule has 7 heteroatoms. The van der Waals surface area contributed by atoms with Crippen LogP contribution in [0.5, 0.6) is 0 Å². The van der Waals surface area contributed by atoms with Crippen molar-refractivity contribution in [1.82, 2.24) is 25.1 Å². The summed E-state index contributed by atoms with van der Waals surface area (Å²) in [7, 11) is 0. The molecule has 6 rings (SSSR count). The molecule has 1 amide bonds. The highest BCUT2D eigenvalue weighted by molar-refractivity contribution is 5.92. The predicted octanol–water partition coefficient (Wildman–Crippen LogP) is 4.95. The van der Waals surface area contributed by atoms with Crippen molar-refractivity contribution < 1.29 is 9.20 Å². The molecule has 0 spiro atoms. The number of hydrogen-bond donors (Lipinski definition) is 1. The van der Waals surface area contributed by atoms with Crippen molar-refractivity contribution in [2.75, 3.05) is 0 Å². The van der Waals surface area contributed by atoms with Gasteiger partial charge in [-0.3, -0.25) is 14.8 Å². The third-order valence-electron chi connectivity index (χ3n) is 6.77. The van der Waals surface area contributed by atoms with Gasteiger partial charge in [-0.15, -0.1) is 0 Å². The lowest BCUT2D eigenvalue weighted by Crippen LogP contribution is -2.28. The molecule has 38 heavy (non-hydrogen) atoms. The first kappa shape index (κ1) is 23.5. The molecule has 186 valence electrons. The second-order valence-electron chi connectivity index (χ2n) is 9.41. The number of fused-ring (bicyclic) bond motifs is 3. The zero-order valence-corrected chi connectivity index (χ0v) is 21.2. The van der Waals surface area contributed by atoms with Gasteiger partial charge in [0, 0.05) is 36.2 Å². The molecule has 0 aliphatic rings. The van der Waals surface area contributed by atoms with Crippen LogP contribution in [0.1, 0.15) is 29.9 Å². The molecule has 4 aromatic heterocycles. The Labute approximate surface area is 220 Å². The molecule has 1 unspecified atom stereocenters. The Hall–Kier alpha value is -4.91. The fourth-order valence-corrected chi connectivity index (χ4v) is 4.79. The van der Waals surface area contributed by atoms with Gasteiger partial charge in [0.1, 0.15) is 5.69 Å². The van der Waals surface area contributed by atoms with Crippen LogP contribution >= 0.6 is 0 Å². The van der Waals surface area contributed by atoms with Crippen LogP contribution in [0.4, 0.5) is 0 Å². The zero-order chi connectivity index (χ0) is 26.1. The van der Waals surface area contributed by atoms with Crippen LogP contribution in [0.15, 0.2) is 104 Å². The number of hydrogen-bond acceptors (Lipinski definition) is 4. The van der Waals surface area contributed by atoms with Crippen LogP contribution in [0.2, 0.25) is 0 Å². The largest absolute Gasteiger partial charge is 0.349 e. The van der Waals surface area contributed by atoms with Crippen molar-refractivity contribution in [3.05, 3.63) is 121 Å². The second-order valence-corrected chi connectivity index (χ2v) is 9.41. The van der Waals surface area contributed by atoms with E-state index < -0.39 is 0 Å². The van der Waals surface area contributed by atoms with Crippen molar-refractivity contribution in [3.63, 3.8) is 0 Å². The zero-order valence-electron chi connectivity index (χ0n) is 21.2. The Morgan fingerprint density at radius 1 is 0.974 bits per heavy atom. The number of nitrogens with one attached hydrogen (secondary N) is 1.